The number of nitrogens with zero attached hydrogens (tertiary/aromatic N) is 1. The normalized spacial score (nSPS) is 15.8. The molecule has 0 spiro atoms. The van der Waals surface area contributed by atoms with Crippen LogP contribution < -0.4 is 9.47 Å². The van der Waals surface area contributed by atoms with Gasteiger partial charge in [0.15, 0.2) is 5.88 Å². The first-order valence-corrected chi connectivity index (χ1v) is 8.23. The summed E-state index contributed by atoms with van der Waals surface area (Å²) in [6.07, 6.45) is 5.86. The molecule has 0 saturated carbocycles. The van der Waals surface area contributed by atoms with Crippen molar-refractivity contribution < 1.29 is 14.6 Å². The number of methoxy groups -OCH3 is 2. The fraction of sp³-hybridized carbons (Fsp3) is 0.400. The molecule has 0 bridgehead atoms. The number of rotatable bonds is 6. The highest BCUT2D eigenvalue weighted by molar-refractivity contribution is 5.89. The Hall–Kier alpha value is -2.36. The maximum atomic E-state index is 10.9. The number of ether oxygens (including phenoxy) is 2. The Morgan fingerprint density at radius 1 is 1.04 bits per heavy atom. The summed E-state index contributed by atoms with van der Waals surface area (Å²) in [6.45, 7) is 8.30. The van der Waals surface area contributed by atoms with Gasteiger partial charge in [-0.3, -0.25) is 0 Å². The van der Waals surface area contributed by atoms with E-state index in [9.17, 15) is 5.11 Å². The van der Waals surface area contributed by atoms with Crippen LogP contribution in [0.25, 0.3) is 5.57 Å². The SMILES string of the molecule is COc1ccc(OC)c(C2=CC=C/C2=C(/O)N(C(C)C)C(C)C)c1. The van der Waals surface area contributed by atoms with Crippen LogP contribution in [-0.2, 0) is 0 Å². The third kappa shape index (κ3) is 3.42. The second-order valence-corrected chi connectivity index (χ2v) is 6.34. The van der Waals surface area contributed by atoms with Crippen molar-refractivity contribution in [1.29, 1.82) is 0 Å². The van der Waals surface area contributed by atoms with E-state index in [2.05, 4.69) is 27.7 Å². The fourth-order valence-corrected chi connectivity index (χ4v) is 3.10. The van der Waals surface area contributed by atoms with Gasteiger partial charge in [-0.05, 0) is 57.5 Å². The maximum absolute atomic E-state index is 10.9. The van der Waals surface area contributed by atoms with Crippen LogP contribution in [-0.4, -0.2) is 36.3 Å². The van der Waals surface area contributed by atoms with Crippen LogP contribution in [0.5, 0.6) is 11.5 Å². The van der Waals surface area contributed by atoms with Gasteiger partial charge >= 0.3 is 0 Å². The summed E-state index contributed by atoms with van der Waals surface area (Å²) >= 11 is 0. The fourth-order valence-electron chi connectivity index (χ4n) is 3.10. The Labute approximate surface area is 144 Å². The molecule has 1 aromatic carbocycles. The highest BCUT2D eigenvalue weighted by Gasteiger charge is 2.24. The average Bonchev–Trinajstić information content (AvgIpc) is 3.02. The van der Waals surface area contributed by atoms with Gasteiger partial charge in [-0.15, -0.1) is 0 Å². The molecule has 0 amide bonds. The summed E-state index contributed by atoms with van der Waals surface area (Å²) in [7, 11) is 3.28. The molecule has 1 aliphatic rings. The van der Waals surface area contributed by atoms with E-state index < -0.39 is 0 Å². The van der Waals surface area contributed by atoms with Crippen molar-refractivity contribution in [3.05, 3.63) is 53.4 Å². The van der Waals surface area contributed by atoms with Crippen molar-refractivity contribution in [3.8, 4) is 11.5 Å². The van der Waals surface area contributed by atoms with E-state index in [-0.39, 0.29) is 18.0 Å². The molecule has 130 valence electrons. The van der Waals surface area contributed by atoms with Crippen molar-refractivity contribution >= 4 is 5.57 Å². The number of hydrogen-bond donors (Lipinski definition) is 1. The maximum Gasteiger partial charge on any atom is 0.195 e. The first kappa shape index (κ1) is 18.0. The van der Waals surface area contributed by atoms with E-state index in [1.54, 1.807) is 14.2 Å². The van der Waals surface area contributed by atoms with Crippen LogP contribution in [0.2, 0.25) is 0 Å². The molecule has 4 nitrogen and oxygen atoms in total. The third-order valence-electron chi connectivity index (χ3n) is 4.11. The molecule has 0 radical (unpaired) electrons. The molecule has 2 rings (SSSR count). The molecule has 24 heavy (non-hydrogen) atoms. The first-order valence-electron chi connectivity index (χ1n) is 8.23. The van der Waals surface area contributed by atoms with Gasteiger partial charge < -0.3 is 19.5 Å². The number of hydrogen-bond acceptors (Lipinski definition) is 4. The topological polar surface area (TPSA) is 41.9 Å². The number of aliphatic hydroxyl groups is 1. The minimum Gasteiger partial charge on any atom is -0.497 e. The molecule has 0 aliphatic heterocycles. The van der Waals surface area contributed by atoms with E-state index in [1.165, 1.54) is 0 Å². The smallest absolute Gasteiger partial charge is 0.195 e. The minimum atomic E-state index is 0.194. The quantitative estimate of drug-likeness (QED) is 0.778. The van der Waals surface area contributed by atoms with Crippen LogP contribution in [0, 0.1) is 0 Å². The Morgan fingerprint density at radius 2 is 1.71 bits per heavy atom. The molecule has 0 aromatic heterocycles. The van der Waals surface area contributed by atoms with E-state index in [0.717, 1.165) is 28.2 Å². The van der Waals surface area contributed by atoms with Crippen LogP contribution in [0.3, 0.4) is 0 Å². The second kappa shape index (κ2) is 7.47. The summed E-state index contributed by atoms with van der Waals surface area (Å²) in [5, 5.41) is 10.9. The lowest BCUT2D eigenvalue weighted by atomic mass is 9.99. The molecule has 0 heterocycles. The zero-order valence-electron chi connectivity index (χ0n) is 15.3. The van der Waals surface area contributed by atoms with Crippen LogP contribution in [0.1, 0.15) is 33.3 Å². The highest BCUT2D eigenvalue weighted by atomic mass is 16.5. The van der Waals surface area contributed by atoms with Gasteiger partial charge in [0.2, 0.25) is 0 Å². The molecular formula is C20H27NO3. The van der Waals surface area contributed by atoms with Crippen molar-refractivity contribution in [2.75, 3.05) is 14.2 Å². The van der Waals surface area contributed by atoms with Crippen LogP contribution in [0.15, 0.2) is 47.9 Å². The molecule has 1 N–H and O–H groups in total. The van der Waals surface area contributed by atoms with Gasteiger partial charge in [0.1, 0.15) is 11.5 Å². The molecule has 0 unspecified atom stereocenters. The molecule has 1 aliphatic carbocycles. The van der Waals surface area contributed by atoms with Gasteiger partial charge in [0, 0.05) is 23.2 Å². The number of benzene rings is 1. The van der Waals surface area contributed by atoms with Crippen molar-refractivity contribution in [1.82, 2.24) is 4.90 Å². The van der Waals surface area contributed by atoms with Crippen molar-refractivity contribution in [2.24, 2.45) is 0 Å². The molecule has 4 heteroatoms. The summed E-state index contributed by atoms with van der Waals surface area (Å²) in [5.74, 6) is 1.78. The molecule has 0 fully saturated rings. The predicted molar refractivity (Wildman–Crippen MR) is 98.4 cm³/mol. The Kier molecular flexibility index (Phi) is 5.60. The molecule has 0 saturated heterocycles. The third-order valence-corrected chi connectivity index (χ3v) is 4.11. The zero-order valence-corrected chi connectivity index (χ0v) is 15.3. The van der Waals surface area contributed by atoms with E-state index in [1.807, 2.05) is 41.3 Å². The van der Waals surface area contributed by atoms with E-state index >= 15 is 0 Å². The molecule has 0 atom stereocenters. The lowest BCUT2D eigenvalue weighted by Gasteiger charge is -2.33. The molecule has 1 aromatic rings. The Bertz CT molecular complexity index is 676. The van der Waals surface area contributed by atoms with Gasteiger partial charge in [-0.1, -0.05) is 12.2 Å². The predicted octanol–water partition coefficient (Wildman–Crippen LogP) is 4.55. The zero-order chi connectivity index (χ0) is 17.9. The lowest BCUT2D eigenvalue weighted by Crippen LogP contribution is -2.36. The van der Waals surface area contributed by atoms with Gasteiger partial charge in [0.05, 0.1) is 14.2 Å². The Morgan fingerprint density at radius 3 is 2.25 bits per heavy atom. The van der Waals surface area contributed by atoms with E-state index in [4.69, 9.17) is 9.47 Å². The van der Waals surface area contributed by atoms with Crippen molar-refractivity contribution in [3.63, 3.8) is 0 Å². The summed E-state index contributed by atoms with van der Waals surface area (Å²) in [5.41, 5.74) is 2.62. The van der Waals surface area contributed by atoms with Crippen molar-refractivity contribution in [2.45, 2.75) is 39.8 Å². The second-order valence-electron chi connectivity index (χ2n) is 6.34. The van der Waals surface area contributed by atoms with Crippen LogP contribution in [0.4, 0.5) is 0 Å². The van der Waals surface area contributed by atoms with E-state index in [0.29, 0.717) is 0 Å². The number of aliphatic hydroxyl groups excluding tert-OH is 1. The summed E-state index contributed by atoms with van der Waals surface area (Å²) in [4.78, 5) is 2.01. The highest BCUT2D eigenvalue weighted by Crippen LogP contribution is 2.38. The minimum absolute atomic E-state index is 0.194. The largest absolute Gasteiger partial charge is 0.497 e. The molecular weight excluding hydrogens is 302 g/mol. The average molecular weight is 329 g/mol. The first-order chi connectivity index (χ1) is 11.4. The van der Waals surface area contributed by atoms with Gasteiger partial charge in [0.25, 0.3) is 0 Å². The van der Waals surface area contributed by atoms with Gasteiger partial charge in [-0.2, -0.15) is 0 Å². The lowest BCUT2D eigenvalue weighted by molar-refractivity contribution is 0.133. The summed E-state index contributed by atoms with van der Waals surface area (Å²) < 4.78 is 10.8. The standard InChI is InChI=1S/C20H27NO3/c1-13(2)21(14(3)4)20(22)17-9-7-8-16(17)18-12-15(23-5)10-11-19(18)24-6/h7-14,22H,1-6H3/b20-17-. The monoisotopic (exact) mass is 329 g/mol. The Balaban J connectivity index is 2.54. The van der Waals surface area contributed by atoms with Gasteiger partial charge in [-0.25, -0.2) is 0 Å². The summed E-state index contributed by atoms with van der Waals surface area (Å²) in [6, 6.07) is 6.06. The van der Waals surface area contributed by atoms with Crippen LogP contribution >= 0.6 is 0 Å². The number of allylic oxidation sites excluding steroid dienone is 5.